The molecular formula is C40H57BrClN5O13. The molecule has 0 heterocycles. The second-order valence-corrected chi connectivity index (χ2v) is 16.9. The number of Topliss-reactive ketones (excluding diaryl/α,β-unsaturated/α-hetero) is 1. The van der Waals surface area contributed by atoms with E-state index in [1.165, 1.54) is 6.08 Å². The monoisotopic (exact) mass is 929 g/mol. The zero-order chi connectivity index (χ0) is 44.8. The average Bonchev–Trinajstić information content (AvgIpc) is 3.42. The Bertz CT molecular complexity index is 1730. The van der Waals surface area contributed by atoms with E-state index in [9.17, 15) is 48.3 Å². The van der Waals surface area contributed by atoms with Crippen LogP contribution in [0.25, 0.3) is 0 Å². The van der Waals surface area contributed by atoms with Gasteiger partial charge in [-0.2, -0.15) is 0 Å². The number of ketones is 2. The molecule has 3 aliphatic rings. The van der Waals surface area contributed by atoms with E-state index >= 15 is 0 Å². The summed E-state index contributed by atoms with van der Waals surface area (Å²) in [7, 11) is 0. The highest BCUT2D eigenvalue weighted by Gasteiger charge is 2.73. The van der Waals surface area contributed by atoms with Crippen LogP contribution >= 0.6 is 27.5 Å². The van der Waals surface area contributed by atoms with Crippen molar-refractivity contribution in [1.29, 1.82) is 0 Å². The number of hydrogen-bond donors (Lipinski definition) is 7. The minimum Gasteiger partial charge on any atom is -0.481 e. The van der Waals surface area contributed by atoms with Crippen molar-refractivity contribution in [1.82, 2.24) is 26.6 Å². The van der Waals surface area contributed by atoms with Crippen molar-refractivity contribution in [3.05, 3.63) is 23.8 Å². The summed E-state index contributed by atoms with van der Waals surface area (Å²) in [5.74, 6) is -7.14. The molecule has 0 aromatic heterocycles. The summed E-state index contributed by atoms with van der Waals surface area (Å²) in [6.07, 6.45) is 5.83. The molecule has 0 radical (unpaired) electrons. The van der Waals surface area contributed by atoms with Gasteiger partial charge in [-0.25, -0.2) is 0 Å². The summed E-state index contributed by atoms with van der Waals surface area (Å²) in [6, 6.07) is -1.33. The lowest BCUT2D eigenvalue weighted by Crippen LogP contribution is -2.65. The Morgan fingerprint density at radius 2 is 1.63 bits per heavy atom. The predicted octanol–water partition coefficient (Wildman–Crippen LogP) is 1.10. The molecule has 3 rings (SSSR count). The number of aliphatic carboxylic acids is 1. The molecule has 0 bridgehead atoms. The molecule has 0 aromatic rings. The molecule has 0 aromatic carbocycles. The Morgan fingerprint density at radius 1 is 0.983 bits per heavy atom. The van der Waals surface area contributed by atoms with Crippen molar-refractivity contribution in [2.75, 3.05) is 38.3 Å². The van der Waals surface area contributed by atoms with Crippen LogP contribution in [-0.2, 0) is 52.6 Å². The van der Waals surface area contributed by atoms with E-state index in [0.717, 1.165) is 5.57 Å². The maximum atomic E-state index is 14.4. The third-order valence-corrected chi connectivity index (χ3v) is 13.2. The first-order chi connectivity index (χ1) is 28.3. The minimum atomic E-state index is -1.69. The van der Waals surface area contributed by atoms with Gasteiger partial charge in [-0.1, -0.05) is 55.3 Å². The fourth-order valence-corrected chi connectivity index (χ4v) is 9.44. The van der Waals surface area contributed by atoms with Gasteiger partial charge in [0.1, 0.15) is 19.4 Å². The summed E-state index contributed by atoms with van der Waals surface area (Å²) in [6.45, 7) is 4.53. The number of alkyl halides is 2. The van der Waals surface area contributed by atoms with Crippen molar-refractivity contribution in [3.63, 3.8) is 0 Å². The van der Waals surface area contributed by atoms with Crippen LogP contribution in [0, 0.1) is 23.2 Å². The number of aliphatic hydroxyl groups is 1. The van der Waals surface area contributed by atoms with Crippen LogP contribution in [0.5, 0.6) is 0 Å². The highest BCUT2D eigenvalue weighted by molar-refractivity contribution is 9.09. The van der Waals surface area contributed by atoms with Gasteiger partial charge in [0.2, 0.25) is 35.3 Å². The number of aliphatic hydroxyl groups excluding tert-OH is 1. The van der Waals surface area contributed by atoms with E-state index in [1.54, 1.807) is 13.0 Å². The van der Waals surface area contributed by atoms with Crippen molar-refractivity contribution < 1.29 is 62.8 Å². The highest BCUT2D eigenvalue weighted by atomic mass is 79.9. The van der Waals surface area contributed by atoms with Crippen LogP contribution in [0.4, 0.5) is 0 Å². The van der Waals surface area contributed by atoms with Gasteiger partial charge < -0.3 is 46.3 Å². The highest BCUT2D eigenvalue weighted by Crippen LogP contribution is 2.67. The molecule has 3 aliphatic carbocycles. The lowest BCUT2D eigenvalue weighted by Gasteiger charge is -2.57. The number of amides is 5. The summed E-state index contributed by atoms with van der Waals surface area (Å²) < 4.78 is 11.7. The van der Waals surface area contributed by atoms with Gasteiger partial charge in [-0.05, 0) is 68.9 Å². The SMILES string of the molecule is CCC(=O)O[C@]1(C(=O)COCNC(=O)CNC(=O)CNC(=O)[C@H](CCC(=O)O)NC(=O)CNC(=O)CBr)[C@@H](C)CC2[C@H](CCC3=CC(=O)C=CC3)[C@@](Cl)(CC)[C@@H](O)C[C@@]21C. The van der Waals surface area contributed by atoms with Crippen LogP contribution in [0.3, 0.4) is 0 Å². The van der Waals surface area contributed by atoms with Crippen molar-refractivity contribution in [3.8, 4) is 0 Å². The molecule has 0 spiro atoms. The Morgan fingerprint density at radius 3 is 2.27 bits per heavy atom. The molecule has 334 valence electrons. The van der Waals surface area contributed by atoms with Gasteiger partial charge in [0.05, 0.1) is 35.9 Å². The number of ether oxygens (including phenoxy) is 2. The second-order valence-electron chi connectivity index (χ2n) is 15.7. The fourth-order valence-electron chi connectivity index (χ4n) is 8.90. The minimum absolute atomic E-state index is 0.00847. The number of allylic oxidation sites excluding steroid dienone is 4. The molecular weight excluding hydrogens is 874 g/mol. The number of halogens is 2. The molecule has 7 N–H and O–H groups in total. The number of nitrogens with one attached hydrogen (secondary N) is 5. The number of esters is 1. The van der Waals surface area contributed by atoms with E-state index < -0.39 is 121 Å². The number of carboxylic acid groups (broad SMARTS) is 1. The molecule has 0 aliphatic heterocycles. The maximum Gasteiger partial charge on any atom is 0.306 e. The van der Waals surface area contributed by atoms with Crippen LogP contribution < -0.4 is 26.6 Å². The molecule has 20 heteroatoms. The topological polar surface area (TPSA) is 273 Å². The number of carboxylic acids is 1. The van der Waals surface area contributed by atoms with Crippen molar-refractivity contribution >= 4 is 80.6 Å². The zero-order valence-corrected chi connectivity index (χ0v) is 36.7. The first-order valence-corrected chi connectivity index (χ1v) is 21.5. The van der Waals surface area contributed by atoms with Gasteiger partial charge in [0, 0.05) is 24.2 Å². The van der Waals surface area contributed by atoms with Crippen LogP contribution in [-0.4, -0.2) is 124 Å². The quantitative estimate of drug-likeness (QED) is 0.0328. The standard InChI is InChI=1S/C40H57BrClN5O13/c1-5-36(57)60-40(23(3)14-27-26(11-10-24-8-7-9-25(48)15-24)39(42,6-2)29(49)16-38(27,40)4)30(50)21-59-22-46-33(53)18-44-32(52)19-45-37(58)28(12-13-35(55)56)47-34(54)20-43-31(51)17-41/h7,9,15,23,26-29,49H,5-6,8,10-14,16-22H2,1-4H3,(H,43,51)(H,44,52)(H,45,58)(H,46,53)(H,47,54)(H,55,56)/t23-,26-,27?,28-,29-,38-,39-,40-/m0/s1. The normalized spacial score (nSPS) is 27.4. The molecule has 5 amide bonds. The van der Waals surface area contributed by atoms with Crippen LogP contribution in [0.2, 0.25) is 0 Å². The summed E-state index contributed by atoms with van der Waals surface area (Å²) >= 11 is 10.2. The molecule has 2 fully saturated rings. The van der Waals surface area contributed by atoms with Gasteiger partial charge in [-0.3, -0.25) is 43.2 Å². The Kier molecular flexibility index (Phi) is 18.9. The second kappa shape index (κ2) is 22.6. The van der Waals surface area contributed by atoms with Gasteiger partial charge in [-0.15, -0.1) is 11.6 Å². The van der Waals surface area contributed by atoms with Crippen LogP contribution in [0.15, 0.2) is 23.8 Å². The number of hydrogen-bond acceptors (Lipinski definition) is 12. The summed E-state index contributed by atoms with van der Waals surface area (Å²) in [5.41, 5.74) is -1.80. The molecule has 60 heavy (non-hydrogen) atoms. The van der Waals surface area contributed by atoms with E-state index in [1.807, 2.05) is 26.8 Å². The molecule has 2 saturated carbocycles. The molecule has 1 unspecified atom stereocenters. The average molecular weight is 931 g/mol. The van der Waals surface area contributed by atoms with E-state index in [4.69, 9.17) is 26.2 Å². The molecule has 18 nitrogen and oxygen atoms in total. The molecule has 8 atom stereocenters. The Balaban J connectivity index is 1.60. The maximum absolute atomic E-state index is 14.4. The van der Waals surface area contributed by atoms with Crippen molar-refractivity contribution in [2.45, 2.75) is 108 Å². The molecule has 0 saturated heterocycles. The Labute approximate surface area is 362 Å². The fraction of sp³-hybridized carbons (Fsp3) is 0.675. The van der Waals surface area contributed by atoms with E-state index in [2.05, 4.69) is 42.5 Å². The number of fused-ring (bicyclic) bond motifs is 1. The lowest BCUT2D eigenvalue weighted by atomic mass is 9.53. The van der Waals surface area contributed by atoms with E-state index in [-0.39, 0.29) is 42.2 Å². The first kappa shape index (κ1) is 50.2. The smallest absolute Gasteiger partial charge is 0.306 e. The largest absolute Gasteiger partial charge is 0.481 e. The number of carbonyl (C=O) groups excluding carboxylic acids is 8. The van der Waals surface area contributed by atoms with Gasteiger partial charge in [0.15, 0.2) is 11.4 Å². The van der Waals surface area contributed by atoms with Crippen molar-refractivity contribution in [2.24, 2.45) is 23.2 Å². The Hall–Kier alpha value is -4.20. The van der Waals surface area contributed by atoms with Gasteiger partial charge >= 0.3 is 11.9 Å². The third-order valence-electron chi connectivity index (χ3n) is 11.9. The lowest BCUT2D eigenvalue weighted by molar-refractivity contribution is -0.200. The summed E-state index contributed by atoms with van der Waals surface area (Å²) in [5, 5.41) is 32.2. The number of rotatable bonds is 23. The zero-order valence-electron chi connectivity index (χ0n) is 34.4. The van der Waals surface area contributed by atoms with E-state index in [0.29, 0.717) is 32.1 Å². The van der Waals surface area contributed by atoms with Gasteiger partial charge in [0.25, 0.3) is 0 Å². The number of carbonyl (C=O) groups is 9. The predicted molar refractivity (Wildman–Crippen MR) is 219 cm³/mol. The third kappa shape index (κ3) is 12.4. The summed E-state index contributed by atoms with van der Waals surface area (Å²) in [4.78, 5) is 111. The van der Waals surface area contributed by atoms with Crippen LogP contribution in [0.1, 0.15) is 85.5 Å². The first-order valence-electron chi connectivity index (χ1n) is 20.0.